The molecule has 3 N–H and O–H groups in total. The first-order chi connectivity index (χ1) is 7.09. The van der Waals surface area contributed by atoms with Gasteiger partial charge < -0.3 is 11.1 Å². The van der Waals surface area contributed by atoms with Crippen LogP contribution < -0.4 is 11.1 Å². The van der Waals surface area contributed by atoms with Gasteiger partial charge >= 0.3 is 0 Å². The maximum absolute atomic E-state index is 11.0. The maximum Gasteiger partial charge on any atom is 0.220 e. The number of hydrogen-bond acceptors (Lipinski definition) is 2. The fourth-order valence-electron chi connectivity index (χ4n) is 2.01. The fourth-order valence-corrected chi connectivity index (χ4v) is 2.01. The van der Waals surface area contributed by atoms with Gasteiger partial charge in [0.05, 0.1) is 0 Å². The van der Waals surface area contributed by atoms with E-state index in [9.17, 15) is 4.79 Å². The zero-order valence-electron chi connectivity index (χ0n) is 9.75. The van der Waals surface area contributed by atoms with Crippen LogP contribution in [0.4, 0.5) is 0 Å². The molecule has 1 aliphatic rings. The standard InChI is InChI=1S/C12H22N2O/c1-9(2)7-8-14-11-5-3-10(4-6-11)12(13)15/h7,10-11,14H,3-6,8H2,1-2H3,(H2,13,15). The molecule has 3 heteroatoms. The molecule has 0 unspecified atom stereocenters. The Morgan fingerprint density at radius 2 is 1.93 bits per heavy atom. The first-order valence-electron chi connectivity index (χ1n) is 5.75. The van der Waals surface area contributed by atoms with Gasteiger partial charge in [-0.25, -0.2) is 0 Å². The van der Waals surface area contributed by atoms with Gasteiger partial charge in [0, 0.05) is 18.5 Å². The SMILES string of the molecule is CC(C)=CCNC1CCC(C(N)=O)CC1. The molecule has 0 heterocycles. The topological polar surface area (TPSA) is 55.1 Å². The molecular weight excluding hydrogens is 188 g/mol. The number of amides is 1. The molecule has 0 aromatic carbocycles. The summed E-state index contributed by atoms with van der Waals surface area (Å²) in [5.74, 6) is -0.00995. The van der Waals surface area contributed by atoms with Crippen molar-refractivity contribution < 1.29 is 4.79 Å². The van der Waals surface area contributed by atoms with Gasteiger partial charge in [0.15, 0.2) is 0 Å². The average Bonchev–Trinajstić information content (AvgIpc) is 2.18. The highest BCUT2D eigenvalue weighted by molar-refractivity contribution is 5.76. The lowest BCUT2D eigenvalue weighted by molar-refractivity contribution is -0.122. The molecular formula is C12H22N2O. The van der Waals surface area contributed by atoms with Crippen LogP contribution in [0.1, 0.15) is 39.5 Å². The zero-order chi connectivity index (χ0) is 11.3. The summed E-state index contributed by atoms with van der Waals surface area (Å²) >= 11 is 0. The Kier molecular flexibility index (Phi) is 4.82. The quantitative estimate of drug-likeness (QED) is 0.692. The van der Waals surface area contributed by atoms with Crippen LogP contribution in [0.25, 0.3) is 0 Å². The molecule has 0 bridgehead atoms. The molecule has 0 atom stereocenters. The van der Waals surface area contributed by atoms with Crippen molar-refractivity contribution in [2.75, 3.05) is 6.54 Å². The molecule has 0 aliphatic heterocycles. The summed E-state index contributed by atoms with van der Waals surface area (Å²) in [5, 5.41) is 3.48. The second-order valence-electron chi connectivity index (χ2n) is 4.64. The monoisotopic (exact) mass is 210 g/mol. The second kappa shape index (κ2) is 5.91. The van der Waals surface area contributed by atoms with Crippen molar-refractivity contribution in [3.8, 4) is 0 Å². The zero-order valence-corrected chi connectivity index (χ0v) is 9.75. The van der Waals surface area contributed by atoms with Gasteiger partial charge in [-0.05, 0) is 39.5 Å². The normalized spacial score (nSPS) is 26.0. The summed E-state index contributed by atoms with van der Waals surface area (Å²) in [6.45, 7) is 5.14. The number of nitrogens with one attached hydrogen (secondary N) is 1. The number of carbonyl (C=O) groups excluding carboxylic acids is 1. The Labute approximate surface area is 92.1 Å². The van der Waals surface area contributed by atoms with E-state index in [-0.39, 0.29) is 11.8 Å². The van der Waals surface area contributed by atoms with Crippen LogP contribution in [0.3, 0.4) is 0 Å². The average molecular weight is 210 g/mol. The van der Waals surface area contributed by atoms with Crippen LogP contribution in [0.5, 0.6) is 0 Å². The highest BCUT2D eigenvalue weighted by atomic mass is 16.1. The van der Waals surface area contributed by atoms with Crippen LogP contribution >= 0.6 is 0 Å². The third-order valence-corrected chi connectivity index (χ3v) is 3.05. The van der Waals surface area contributed by atoms with Crippen LogP contribution in [0, 0.1) is 5.92 Å². The van der Waals surface area contributed by atoms with Crippen LogP contribution in [-0.4, -0.2) is 18.5 Å². The minimum atomic E-state index is -0.127. The van der Waals surface area contributed by atoms with E-state index < -0.39 is 0 Å². The lowest BCUT2D eigenvalue weighted by atomic mass is 9.85. The van der Waals surface area contributed by atoms with Gasteiger partial charge in [-0.15, -0.1) is 0 Å². The molecule has 1 fully saturated rings. The third-order valence-electron chi connectivity index (χ3n) is 3.05. The molecule has 86 valence electrons. The summed E-state index contributed by atoms with van der Waals surface area (Å²) in [7, 11) is 0. The summed E-state index contributed by atoms with van der Waals surface area (Å²) in [6.07, 6.45) is 6.23. The van der Waals surface area contributed by atoms with E-state index in [1.165, 1.54) is 5.57 Å². The van der Waals surface area contributed by atoms with Crippen molar-refractivity contribution in [1.29, 1.82) is 0 Å². The Hall–Kier alpha value is -0.830. The molecule has 0 saturated heterocycles. The third kappa shape index (κ3) is 4.47. The molecule has 1 saturated carbocycles. The highest BCUT2D eigenvalue weighted by Gasteiger charge is 2.23. The lowest BCUT2D eigenvalue weighted by Gasteiger charge is -2.27. The Morgan fingerprint density at radius 1 is 1.33 bits per heavy atom. The molecule has 0 spiro atoms. The smallest absolute Gasteiger partial charge is 0.220 e. The van der Waals surface area contributed by atoms with Crippen molar-refractivity contribution in [3.05, 3.63) is 11.6 Å². The Bertz CT molecular complexity index is 236. The first kappa shape index (κ1) is 12.2. The van der Waals surface area contributed by atoms with Crippen LogP contribution in [-0.2, 0) is 4.79 Å². The number of primary amides is 1. The van der Waals surface area contributed by atoms with E-state index in [0.717, 1.165) is 32.2 Å². The summed E-state index contributed by atoms with van der Waals surface area (Å²) in [5.41, 5.74) is 6.62. The summed E-state index contributed by atoms with van der Waals surface area (Å²) in [4.78, 5) is 11.0. The fraction of sp³-hybridized carbons (Fsp3) is 0.750. The van der Waals surface area contributed by atoms with Crippen molar-refractivity contribution in [3.63, 3.8) is 0 Å². The van der Waals surface area contributed by atoms with E-state index in [4.69, 9.17) is 5.73 Å². The van der Waals surface area contributed by atoms with Crippen molar-refractivity contribution in [2.24, 2.45) is 11.7 Å². The highest BCUT2D eigenvalue weighted by Crippen LogP contribution is 2.23. The number of allylic oxidation sites excluding steroid dienone is 1. The predicted octanol–water partition coefficient (Wildman–Crippen LogP) is 1.59. The van der Waals surface area contributed by atoms with Gasteiger partial charge in [-0.1, -0.05) is 11.6 Å². The van der Waals surface area contributed by atoms with Crippen molar-refractivity contribution in [2.45, 2.75) is 45.6 Å². The van der Waals surface area contributed by atoms with Gasteiger partial charge in [0.2, 0.25) is 5.91 Å². The minimum Gasteiger partial charge on any atom is -0.369 e. The van der Waals surface area contributed by atoms with E-state index in [1.54, 1.807) is 0 Å². The first-order valence-corrected chi connectivity index (χ1v) is 5.75. The van der Waals surface area contributed by atoms with Gasteiger partial charge in [0.25, 0.3) is 0 Å². The van der Waals surface area contributed by atoms with Gasteiger partial charge in [-0.3, -0.25) is 4.79 Å². The van der Waals surface area contributed by atoms with Crippen LogP contribution in [0.2, 0.25) is 0 Å². The molecule has 1 amide bonds. The van der Waals surface area contributed by atoms with E-state index in [1.807, 2.05) is 0 Å². The van der Waals surface area contributed by atoms with E-state index in [0.29, 0.717) is 6.04 Å². The van der Waals surface area contributed by atoms with Gasteiger partial charge in [0.1, 0.15) is 0 Å². The Morgan fingerprint density at radius 3 is 2.40 bits per heavy atom. The molecule has 0 aromatic heterocycles. The summed E-state index contributed by atoms with van der Waals surface area (Å²) < 4.78 is 0. The second-order valence-corrected chi connectivity index (χ2v) is 4.64. The lowest BCUT2D eigenvalue weighted by Crippen LogP contribution is -2.36. The molecule has 1 rings (SSSR count). The van der Waals surface area contributed by atoms with E-state index in [2.05, 4.69) is 25.2 Å². The minimum absolute atomic E-state index is 0.117. The largest absolute Gasteiger partial charge is 0.369 e. The van der Waals surface area contributed by atoms with Crippen LogP contribution in [0.15, 0.2) is 11.6 Å². The molecule has 15 heavy (non-hydrogen) atoms. The molecule has 3 nitrogen and oxygen atoms in total. The van der Waals surface area contributed by atoms with Crippen molar-refractivity contribution in [1.82, 2.24) is 5.32 Å². The number of rotatable bonds is 4. The van der Waals surface area contributed by atoms with Gasteiger partial charge in [-0.2, -0.15) is 0 Å². The number of carbonyl (C=O) groups is 1. The number of hydrogen-bond donors (Lipinski definition) is 2. The molecule has 0 radical (unpaired) electrons. The summed E-state index contributed by atoms with van der Waals surface area (Å²) in [6, 6.07) is 0.566. The molecule has 1 aliphatic carbocycles. The molecule has 0 aromatic rings. The predicted molar refractivity (Wildman–Crippen MR) is 62.4 cm³/mol. The maximum atomic E-state index is 11.0. The Balaban J connectivity index is 2.20. The van der Waals surface area contributed by atoms with Crippen molar-refractivity contribution >= 4 is 5.91 Å². The number of nitrogens with two attached hydrogens (primary N) is 1. The van der Waals surface area contributed by atoms with E-state index >= 15 is 0 Å².